The lowest BCUT2D eigenvalue weighted by atomic mass is 9.83. The van der Waals surface area contributed by atoms with Crippen molar-refractivity contribution in [1.82, 2.24) is 9.88 Å². The van der Waals surface area contributed by atoms with E-state index in [1.807, 2.05) is 19.9 Å². The summed E-state index contributed by atoms with van der Waals surface area (Å²) in [7, 11) is 0. The molecule has 0 aliphatic carbocycles. The Morgan fingerprint density at radius 3 is 2.32 bits per heavy atom. The zero-order chi connectivity index (χ0) is 27.9. The maximum Gasteiger partial charge on any atom is 0.332 e. The van der Waals surface area contributed by atoms with E-state index in [0.717, 1.165) is 10.0 Å². The first-order chi connectivity index (χ1) is 17.0. The van der Waals surface area contributed by atoms with Gasteiger partial charge in [0, 0.05) is 21.6 Å². The van der Waals surface area contributed by atoms with Gasteiger partial charge in [0.1, 0.15) is 16.1 Å². The number of thiazole rings is 1. The average molecular weight is 593 g/mol. The van der Waals surface area contributed by atoms with E-state index in [1.54, 1.807) is 49.4 Å². The van der Waals surface area contributed by atoms with Crippen molar-refractivity contribution in [3.63, 3.8) is 0 Å². The van der Waals surface area contributed by atoms with Crippen molar-refractivity contribution in [2.45, 2.75) is 90.8 Å². The number of aromatic nitrogens is 1. The van der Waals surface area contributed by atoms with Crippen LogP contribution in [0.25, 0.3) is 0 Å². The highest BCUT2D eigenvalue weighted by Crippen LogP contribution is 2.51. The second-order valence-corrected chi connectivity index (χ2v) is 14.1. The summed E-state index contributed by atoms with van der Waals surface area (Å²) >= 11 is 4.98. The third-order valence-corrected chi connectivity index (χ3v) is 8.02. The predicted octanol–water partition coefficient (Wildman–Crippen LogP) is 6.02. The maximum absolute atomic E-state index is 14.4. The Morgan fingerprint density at radius 1 is 1.22 bits per heavy atom. The van der Waals surface area contributed by atoms with Crippen LogP contribution in [0.15, 0.2) is 34.2 Å². The molecule has 1 aromatic heterocycles. The van der Waals surface area contributed by atoms with Crippen molar-refractivity contribution in [1.29, 1.82) is 0 Å². The van der Waals surface area contributed by atoms with Crippen LogP contribution in [0.4, 0.5) is 0 Å². The van der Waals surface area contributed by atoms with Gasteiger partial charge in [0.15, 0.2) is 0 Å². The van der Waals surface area contributed by atoms with Gasteiger partial charge in [-0.1, -0.05) is 56.6 Å². The molecule has 7 nitrogen and oxygen atoms in total. The number of carbonyl (C=O) groups is 3. The molecule has 0 unspecified atom stereocenters. The zero-order valence-corrected chi connectivity index (χ0v) is 25.3. The fourth-order valence-electron chi connectivity index (χ4n) is 5.15. The summed E-state index contributed by atoms with van der Waals surface area (Å²) in [5, 5.41) is 2.36. The molecule has 1 fully saturated rings. The lowest BCUT2D eigenvalue weighted by molar-refractivity contribution is -0.168. The van der Waals surface area contributed by atoms with Gasteiger partial charge in [-0.25, -0.2) is 9.78 Å². The van der Waals surface area contributed by atoms with Crippen LogP contribution in [-0.2, 0) is 19.7 Å². The number of carbonyl (C=O) groups excluding carboxylic acids is 3. The van der Waals surface area contributed by atoms with E-state index in [-0.39, 0.29) is 23.7 Å². The van der Waals surface area contributed by atoms with Crippen LogP contribution in [0.1, 0.15) is 95.2 Å². The van der Waals surface area contributed by atoms with Crippen molar-refractivity contribution in [2.24, 2.45) is 17.6 Å². The molecule has 1 saturated heterocycles. The second-order valence-electron chi connectivity index (χ2n) is 12.3. The van der Waals surface area contributed by atoms with Gasteiger partial charge in [-0.2, -0.15) is 0 Å². The Bertz CT molecular complexity index is 1170. The molecule has 2 heterocycles. The van der Waals surface area contributed by atoms with E-state index in [4.69, 9.17) is 10.5 Å². The average Bonchev–Trinajstić information content (AvgIpc) is 3.37. The Hall–Kier alpha value is -2.26. The largest absolute Gasteiger partial charge is 0.458 e. The van der Waals surface area contributed by atoms with E-state index in [2.05, 4.69) is 41.7 Å². The number of halogens is 1. The van der Waals surface area contributed by atoms with Crippen LogP contribution in [-0.4, -0.2) is 38.8 Å². The third-order valence-electron chi connectivity index (χ3n) is 6.52. The molecule has 0 bridgehead atoms. The van der Waals surface area contributed by atoms with Crippen molar-refractivity contribution < 1.29 is 19.1 Å². The van der Waals surface area contributed by atoms with Crippen molar-refractivity contribution >= 4 is 45.1 Å². The highest BCUT2D eigenvalue weighted by Gasteiger charge is 2.62. The number of benzene rings is 1. The lowest BCUT2D eigenvalue weighted by Gasteiger charge is -2.41. The SMILES string of the molecule is CC(C)C[C@@]1(C(=O)OC(C)(C)C)C[C@H](C(N)=O)[C@H](c2nccs2)N1C(=O)c1ccc(C(C)(C)C)c(Br)c1. The molecular formula is C28H38BrN3O4S. The zero-order valence-electron chi connectivity index (χ0n) is 22.9. The Kier molecular flexibility index (Phi) is 8.30. The summed E-state index contributed by atoms with van der Waals surface area (Å²) in [4.78, 5) is 47.2. The minimum absolute atomic E-state index is 0.0291. The fourth-order valence-corrected chi connectivity index (χ4v) is 6.92. The minimum atomic E-state index is -1.39. The van der Waals surface area contributed by atoms with Gasteiger partial charge in [-0.05, 0) is 62.6 Å². The van der Waals surface area contributed by atoms with E-state index in [0.29, 0.717) is 17.0 Å². The van der Waals surface area contributed by atoms with Crippen LogP contribution >= 0.6 is 27.3 Å². The van der Waals surface area contributed by atoms with Crippen molar-refractivity contribution in [2.75, 3.05) is 0 Å². The predicted molar refractivity (Wildman–Crippen MR) is 149 cm³/mol. The summed E-state index contributed by atoms with van der Waals surface area (Å²) in [6, 6.07) is 4.71. The summed E-state index contributed by atoms with van der Waals surface area (Å²) in [5.74, 6) is -2.23. The maximum atomic E-state index is 14.4. The van der Waals surface area contributed by atoms with Crippen LogP contribution in [0.3, 0.4) is 0 Å². The third kappa shape index (κ3) is 6.08. The Morgan fingerprint density at radius 2 is 1.86 bits per heavy atom. The number of ether oxygens (including phenoxy) is 1. The number of hydrogen-bond acceptors (Lipinski definition) is 6. The first-order valence-corrected chi connectivity index (χ1v) is 14.2. The molecule has 0 saturated carbocycles. The van der Waals surface area contributed by atoms with Gasteiger partial charge < -0.3 is 15.4 Å². The first-order valence-electron chi connectivity index (χ1n) is 12.5. The number of rotatable bonds is 6. The summed E-state index contributed by atoms with van der Waals surface area (Å²) in [5.41, 5.74) is 5.07. The molecule has 202 valence electrons. The molecule has 1 aliphatic heterocycles. The quantitative estimate of drug-likeness (QED) is 0.414. The normalized spacial score (nSPS) is 22.4. The number of nitrogens with zero attached hydrogens (tertiary/aromatic N) is 2. The number of nitrogens with two attached hydrogens (primary N) is 1. The van der Waals surface area contributed by atoms with E-state index < -0.39 is 35.0 Å². The van der Waals surface area contributed by atoms with Crippen LogP contribution < -0.4 is 5.73 Å². The standard InChI is InChI=1S/C28H38BrN3O4S/c1-16(2)14-28(25(35)36-27(6,7)8)15-18(22(30)33)21(23-31-11-12-37-23)32(28)24(34)17-9-10-19(20(29)13-17)26(3,4)5/h9-13,16,18,21H,14-15H2,1-8H3,(H2,30,33)/t18-,21+,28-/m0/s1. The molecule has 2 aromatic rings. The molecule has 37 heavy (non-hydrogen) atoms. The number of esters is 1. The number of primary amides is 1. The van der Waals surface area contributed by atoms with Gasteiger partial charge >= 0.3 is 5.97 Å². The summed E-state index contributed by atoms with van der Waals surface area (Å²) < 4.78 is 6.71. The van der Waals surface area contributed by atoms with Crippen LogP contribution in [0, 0.1) is 11.8 Å². The molecule has 0 radical (unpaired) electrons. The van der Waals surface area contributed by atoms with Crippen LogP contribution in [0.2, 0.25) is 0 Å². The molecule has 2 N–H and O–H groups in total. The van der Waals surface area contributed by atoms with Gasteiger partial charge in [0.05, 0.1) is 12.0 Å². The molecule has 2 amide bonds. The van der Waals surface area contributed by atoms with E-state index in [1.165, 1.54) is 11.3 Å². The number of likely N-dealkylation sites (tertiary alicyclic amines) is 1. The smallest absolute Gasteiger partial charge is 0.332 e. The summed E-state index contributed by atoms with van der Waals surface area (Å²) in [6.07, 6.45) is 2.03. The highest BCUT2D eigenvalue weighted by molar-refractivity contribution is 9.10. The van der Waals surface area contributed by atoms with Crippen molar-refractivity contribution in [3.8, 4) is 0 Å². The fraction of sp³-hybridized carbons (Fsp3) is 0.571. The second kappa shape index (κ2) is 10.5. The summed E-state index contributed by atoms with van der Waals surface area (Å²) in [6.45, 7) is 15.6. The van der Waals surface area contributed by atoms with E-state index >= 15 is 0 Å². The van der Waals surface area contributed by atoms with Gasteiger partial charge in [0.2, 0.25) is 5.91 Å². The molecular weight excluding hydrogens is 554 g/mol. The molecule has 0 spiro atoms. The minimum Gasteiger partial charge on any atom is -0.458 e. The lowest BCUT2D eigenvalue weighted by Crippen LogP contribution is -2.56. The van der Waals surface area contributed by atoms with Gasteiger partial charge in [-0.3, -0.25) is 9.59 Å². The van der Waals surface area contributed by atoms with Gasteiger partial charge in [-0.15, -0.1) is 11.3 Å². The topological polar surface area (TPSA) is 103 Å². The molecule has 9 heteroatoms. The monoisotopic (exact) mass is 591 g/mol. The molecule has 3 rings (SSSR count). The van der Waals surface area contributed by atoms with Crippen molar-refractivity contribution in [3.05, 3.63) is 50.4 Å². The van der Waals surface area contributed by atoms with Crippen LogP contribution in [0.5, 0.6) is 0 Å². The van der Waals surface area contributed by atoms with Gasteiger partial charge in [0.25, 0.3) is 5.91 Å². The highest BCUT2D eigenvalue weighted by atomic mass is 79.9. The molecule has 1 aliphatic rings. The molecule has 3 atom stereocenters. The first kappa shape index (κ1) is 29.3. The molecule has 1 aromatic carbocycles. The van der Waals surface area contributed by atoms with E-state index in [9.17, 15) is 14.4 Å². The Balaban J connectivity index is 2.26. The number of hydrogen-bond donors (Lipinski definition) is 1. The number of amides is 2. The Labute approximate surface area is 232 Å².